The van der Waals surface area contributed by atoms with Crippen LogP contribution in [0.2, 0.25) is 0 Å². The first-order chi connectivity index (χ1) is 15.4. The molecule has 3 aliphatic rings. The van der Waals surface area contributed by atoms with Crippen molar-refractivity contribution >= 4 is 40.3 Å². The topological polar surface area (TPSA) is 91.3 Å². The first kappa shape index (κ1) is 22.8. The molecule has 2 fully saturated rings. The van der Waals surface area contributed by atoms with Gasteiger partial charge in [0.05, 0.1) is 18.8 Å². The highest BCUT2D eigenvalue weighted by Crippen LogP contribution is 2.29. The van der Waals surface area contributed by atoms with Crippen molar-refractivity contribution in [1.82, 2.24) is 9.80 Å². The summed E-state index contributed by atoms with van der Waals surface area (Å²) in [5.74, 6) is -0.584. The van der Waals surface area contributed by atoms with Crippen LogP contribution < -0.4 is 5.32 Å². The molecule has 3 unspecified atom stereocenters. The Hall–Kier alpha value is -2.39. The molecule has 172 valence electrons. The highest BCUT2D eigenvalue weighted by molar-refractivity contribution is 8.15. The number of ether oxygens (including phenoxy) is 1. The molecule has 0 aromatic heterocycles. The standard InChI is InChI=1S/C23H30N4O4S/c1-15-14-31-16(2)13-27(15)22(30)17-7-6-8-18(11-17)24-20(28)12-19-21(29)25-23(32-19)26-9-4-3-5-10-26/h6-8,11,15-16,19H,3-5,9-10,12-14H2,1-2H3,(H,24,28). The summed E-state index contributed by atoms with van der Waals surface area (Å²) in [6, 6.07) is 6.94. The molecule has 1 aromatic carbocycles. The number of likely N-dealkylation sites (tertiary alicyclic amines) is 1. The van der Waals surface area contributed by atoms with Crippen molar-refractivity contribution in [2.75, 3.05) is 31.6 Å². The van der Waals surface area contributed by atoms with Crippen LogP contribution in [0.5, 0.6) is 0 Å². The van der Waals surface area contributed by atoms with Crippen LogP contribution in [0.4, 0.5) is 5.69 Å². The number of morpholine rings is 1. The molecule has 1 aromatic rings. The number of rotatable bonds is 4. The molecular formula is C23H30N4O4S. The minimum absolute atomic E-state index is 0.00321. The molecule has 3 amide bonds. The maximum absolute atomic E-state index is 13.0. The van der Waals surface area contributed by atoms with Crippen LogP contribution in [0.3, 0.4) is 0 Å². The van der Waals surface area contributed by atoms with E-state index in [4.69, 9.17) is 4.74 Å². The average molecular weight is 459 g/mol. The number of hydrogen-bond donors (Lipinski definition) is 1. The third-order valence-electron chi connectivity index (χ3n) is 5.99. The molecule has 0 saturated carbocycles. The summed E-state index contributed by atoms with van der Waals surface area (Å²) in [6.45, 7) is 6.80. The molecule has 0 radical (unpaired) electrons. The van der Waals surface area contributed by atoms with Crippen LogP contribution in [0.15, 0.2) is 29.3 Å². The Morgan fingerprint density at radius 2 is 2.00 bits per heavy atom. The van der Waals surface area contributed by atoms with Gasteiger partial charge in [-0.25, -0.2) is 0 Å². The molecule has 32 heavy (non-hydrogen) atoms. The number of hydrogen-bond acceptors (Lipinski definition) is 6. The fourth-order valence-electron chi connectivity index (χ4n) is 4.19. The quantitative estimate of drug-likeness (QED) is 0.746. The normalized spacial score (nSPS) is 26.1. The van der Waals surface area contributed by atoms with Gasteiger partial charge in [0, 0.05) is 37.3 Å². The zero-order valence-electron chi connectivity index (χ0n) is 18.6. The molecule has 0 aliphatic carbocycles. The maximum atomic E-state index is 13.0. The van der Waals surface area contributed by atoms with E-state index in [2.05, 4.69) is 15.2 Å². The Morgan fingerprint density at radius 3 is 2.78 bits per heavy atom. The molecule has 3 atom stereocenters. The van der Waals surface area contributed by atoms with Gasteiger partial charge in [0.2, 0.25) is 5.91 Å². The predicted octanol–water partition coefficient (Wildman–Crippen LogP) is 2.75. The molecule has 3 aliphatic heterocycles. The van der Waals surface area contributed by atoms with Crippen molar-refractivity contribution in [3.8, 4) is 0 Å². The number of anilines is 1. The lowest BCUT2D eigenvalue weighted by Gasteiger charge is -2.36. The van der Waals surface area contributed by atoms with Crippen molar-refractivity contribution in [2.45, 2.75) is 56.9 Å². The molecule has 3 heterocycles. The summed E-state index contributed by atoms with van der Waals surface area (Å²) in [5.41, 5.74) is 1.06. The number of thioether (sulfide) groups is 1. The molecule has 9 heteroatoms. The van der Waals surface area contributed by atoms with E-state index < -0.39 is 5.25 Å². The van der Waals surface area contributed by atoms with Gasteiger partial charge in [-0.05, 0) is 51.3 Å². The van der Waals surface area contributed by atoms with E-state index in [1.54, 1.807) is 24.3 Å². The SMILES string of the molecule is CC1CN(C(=O)c2cccc(NC(=O)CC3SC(N4CCCCC4)=NC3=O)c2)C(C)CO1. The Labute approximate surface area is 192 Å². The lowest BCUT2D eigenvalue weighted by atomic mass is 10.1. The van der Waals surface area contributed by atoms with Gasteiger partial charge >= 0.3 is 0 Å². The molecule has 0 bridgehead atoms. The Kier molecular flexibility index (Phi) is 7.15. The van der Waals surface area contributed by atoms with Gasteiger partial charge in [0.15, 0.2) is 5.17 Å². The van der Waals surface area contributed by atoms with Crippen LogP contribution in [0.1, 0.15) is 49.9 Å². The van der Waals surface area contributed by atoms with E-state index in [1.165, 1.54) is 18.2 Å². The van der Waals surface area contributed by atoms with Gasteiger partial charge < -0.3 is 19.9 Å². The zero-order chi connectivity index (χ0) is 22.7. The molecule has 1 N–H and O–H groups in total. The lowest BCUT2D eigenvalue weighted by molar-refractivity contribution is -0.121. The predicted molar refractivity (Wildman–Crippen MR) is 125 cm³/mol. The number of amides is 3. The van der Waals surface area contributed by atoms with Crippen molar-refractivity contribution in [2.24, 2.45) is 4.99 Å². The highest BCUT2D eigenvalue weighted by Gasteiger charge is 2.33. The number of piperidine rings is 1. The molecule has 4 rings (SSSR count). The third kappa shape index (κ3) is 5.32. The van der Waals surface area contributed by atoms with Crippen molar-refractivity contribution in [1.29, 1.82) is 0 Å². The van der Waals surface area contributed by atoms with Gasteiger partial charge in [-0.2, -0.15) is 4.99 Å². The van der Waals surface area contributed by atoms with E-state index >= 15 is 0 Å². The Balaban J connectivity index is 1.34. The van der Waals surface area contributed by atoms with Crippen LogP contribution in [0.25, 0.3) is 0 Å². The highest BCUT2D eigenvalue weighted by atomic mass is 32.2. The fraction of sp³-hybridized carbons (Fsp3) is 0.565. The van der Waals surface area contributed by atoms with Crippen LogP contribution in [-0.4, -0.2) is 76.3 Å². The molecule has 2 saturated heterocycles. The maximum Gasteiger partial charge on any atom is 0.262 e. The first-order valence-corrected chi connectivity index (χ1v) is 12.2. The number of nitrogens with zero attached hydrogens (tertiary/aromatic N) is 3. The molecular weight excluding hydrogens is 428 g/mol. The van der Waals surface area contributed by atoms with E-state index in [-0.39, 0.29) is 36.3 Å². The fourth-order valence-corrected chi connectivity index (χ4v) is 5.31. The number of benzene rings is 1. The second-order valence-corrected chi connectivity index (χ2v) is 9.84. The van der Waals surface area contributed by atoms with E-state index in [0.717, 1.165) is 31.1 Å². The third-order valence-corrected chi connectivity index (χ3v) is 7.20. The first-order valence-electron chi connectivity index (χ1n) is 11.3. The van der Waals surface area contributed by atoms with Crippen LogP contribution in [0, 0.1) is 0 Å². The lowest BCUT2D eigenvalue weighted by Crippen LogP contribution is -2.50. The number of nitrogens with one attached hydrogen (secondary N) is 1. The van der Waals surface area contributed by atoms with E-state index in [0.29, 0.717) is 24.4 Å². The summed E-state index contributed by atoms with van der Waals surface area (Å²) < 4.78 is 5.61. The number of carbonyl (C=O) groups is 3. The Morgan fingerprint density at radius 1 is 1.22 bits per heavy atom. The zero-order valence-corrected chi connectivity index (χ0v) is 19.4. The average Bonchev–Trinajstić information content (AvgIpc) is 3.15. The number of aliphatic imine (C=N–C) groups is 1. The second-order valence-electron chi connectivity index (χ2n) is 8.67. The summed E-state index contributed by atoms with van der Waals surface area (Å²) in [4.78, 5) is 46.1. The van der Waals surface area contributed by atoms with Gasteiger partial charge in [0.1, 0.15) is 5.25 Å². The van der Waals surface area contributed by atoms with Gasteiger partial charge in [0.25, 0.3) is 11.8 Å². The minimum Gasteiger partial charge on any atom is -0.375 e. The summed E-state index contributed by atoms with van der Waals surface area (Å²) in [6.07, 6.45) is 3.48. The van der Waals surface area contributed by atoms with Crippen molar-refractivity contribution < 1.29 is 19.1 Å². The largest absolute Gasteiger partial charge is 0.375 e. The van der Waals surface area contributed by atoms with Gasteiger partial charge in [-0.3, -0.25) is 14.4 Å². The second kappa shape index (κ2) is 10.0. The minimum atomic E-state index is -0.493. The van der Waals surface area contributed by atoms with Gasteiger partial charge in [-0.1, -0.05) is 17.8 Å². The number of carbonyl (C=O) groups excluding carboxylic acids is 3. The van der Waals surface area contributed by atoms with Crippen LogP contribution >= 0.6 is 11.8 Å². The smallest absolute Gasteiger partial charge is 0.262 e. The van der Waals surface area contributed by atoms with Crippen molar-refractivity contribution in [3.63, 3.8) is 0 Å². The molecule has 8 nitrogen and oxygen atoms in total. The van der Waals surface area contributed by atoms with Crippen LogP contribution in [-0.2, 0) is 14.3 Å². The number of amidine groups is 1. The monoisotopic (exact) mass is 458 g/mol. The van der Waals surface area contributed by atoms with Crippen molar-refractivity contribution in [3.05, 3.63) is 29.8 Å². The summed E-state index contributed by atoms with van der Waals surface area (Å²) in [5, 5.41) is 3.09. The molecule has 0 spiro atoms. The summed E-state index contributed by atoms with van der Waals surface area (Å²) in [7, 11) is 0. The van der Waals surface area contributed by atoms with Gasteiger partial charge in [-0.15, -0.1) is 0 Å². The summed E-state index contributed by atoms with van der Waals surface area (Å²) >= 11 is 1.38. The Bertz CT molecular complexity index is 915. The van der Waals surface area contributed by atoms with E-state index in [9.17, 15) is 14.4 Å². The van der Waals surface area contributed by atoms with E-state index in [1.807, 2.05) is 18.7 Å².